The molecule has 5 aromatic rings. The Hall–Kier alpha value is -3.95. The van der Waals surface area contributed by atoms with Crippen LogP contribution in [0.3, 0.4) is 0 Å². The van der Waals surface area contributed by atoms with Gasteiger partial charge in [-0.1, -0.05) is 64.5 Å². The molecule has 3 aromatic carbocycles. The fraction of sp³-hybridized carbons (Fsp3) is 0.194. The molecule has 0 amide bonds. The van der Waals surface area contributed by atoms with E-state index in [-0.39, 0.29) is 5.56 Å². The van der Waals surface area contributed by atoms with E-state index in [2.05, 4.69) is 58.9 Å². The third-order valence-corrected chi connectivity index (χ3v) is 8.42. The second kappa shape index (κ2) is 12.1. The maximum Gasteiger partial charge on any atom is 0.297 e. The highest BCUT2D eigenvalue weighted by Gasteiger charge is 2.17. The van der Waals surface area contributed by atoms with Crippen LogP contribution in [0.25, 0.3) is 16.9 Å². The van der Waals surface area contributed by atoms with Crippen molar-refractivity contribution in [3.63, 3.8) is 0 Å². The Labute approximate surface area is 246 Å². The number of rotatable bonds is 8. The SMILES string of the molecule is CCN(CC)c1ccc(C=Nn2c(-c3ccccc3Br)csc2=Nc2c(C)n(C)n(-c3ccccc3)c2=O)cc1. The number of halogens is 1. The zero-order valence-corrected chi connectivity index (χ0v) is 25.4. The lowest BCUT2D eigenvalue weighted by Gasteiger charge is -2.20. The summed E-state index contributed by atoms with van der Waals surface area (Å²) in [5, 5.41) is 6.89. The molecular weight excluding hydrogens is 584 g/mol. The minimum absolute atomic E-state index is 0.176. The molecule has 0 radical (unpaired) electrons. The van der Waals surface area contributed by atoms with Crippen molar-refractivity contribution in [1.29, 1.82) is 0 Å². The Kier molecular flexibility index (Phi) is 8.32. The molecule has 9 heteroatoms. The monoisotopic (exact) mass is 614 g/mol. The summed E-state index contributed by atoms with van der Waals surface area (Å²) in [7, 11) is 1.87. The molecule has 2 aromatic heterocycles. The van der Waals surface area contributed by atoms with Crippen LogP contribution in [0.1, 0.15) is 25.1 Å². The van der Waals surface area contributed by atoms with Gasteiger partial charge < -0.3 is 4.90 Å². The molecular formula is C31H31BrN6OS. The first kappa shape index (κ1) is 27.6. The molecule has 0 fully saturated rings. The lowest BCUT2D eigenvalue weighted by molar-refractivity contribution is 0.630. The molecule has 204 valence electrons. The van der Waals surface area contributed by atoms with Gasteiger partial charge in [0.2, 0.25) is 4.80 Å². The number of para-hydroxylation sites is 1. The van der Waals surface area contributed by atoms with Gasteiger partial charge in [-0.25, -0.2) is 14.4 Å². The van der Waals surface area contributed by atoms with E-state index in [0.29, 0.717) is 10.5 Å². The van der Waals surface area contributed by atoms with Crippen LogP contribution in [0.2, 0.25) is 0 Å². The van der Waals surface area contributed by atoms with Crippen molar-refractivity contribution in [3.05, 3.63) is 115 Å². The number of thiazole rings is 1. The summed E-state index contributed by atoms with van der Waals surface area (Å²) in [5.74, 6) is 0. The quantitative estimate of drug-likeness (QED) is 0.182. The largest absolute Gasteiger partial charge is 0.372 e. The Morgan fingerprint density at radius 1 is 0.950 bits per heavy atom. The minimum Gasteiger partial charge on any atom is -0.372 e. The van der Waals surface area contributed by atoms with Crippen LogP contribution in [0.5, 0.6) is 0 Å². The smallest absolute Gasteiger partial charge is 0.297 e. The molecule has 0 aliphatic carbocycles. The van der Waals surface area contributed by atoms with Crippen molar-refractivity contribution in [2.75, 3.05) is 18.0 Å². The van der Waals surface area contributed by atoms with E-state index in [1.807, 2.05) is 89.5 Å². The summed E-state index contributed by atoms with van der Waals surface area (Å²) >= 11 is 5.13. The Bertz CT molecular complexity index is 1770. The third kappa shape index (κ3) is 5.39. The van der Waals surface area contributed by atoms with E-state index in [0.717, 1.165) is 45.8 Å². The first-order valence-corrected chi connectivity index (χ1v) is 14.8. The highest BCUT2D eigenvalue weighted by molar-refractivity contribution is 9.10. The lowest BCUT2D eigenvalue weighted by Crippen LogP contribution is -2.21. The van der Waals surface area contributed by atoms with Crippen LogP contribution >= 0.6 is 27.3 Å². The van der Waals surface area contributed by atoms with Crippen LogP contribution in [-0.4, -0.2) is 33.3 Å². The molecule has 0 N–H and O–H groups in total. The first-order chi connectivity index (χ1) is 19.4. The summed E-state index contributed by atoms with van der Waals surface area (Å²) in [4.78, 5) is 21.4. The van der Waals surface area contributed by atoms with Gasteiger partial charge in [-0.3, -0.25) is 9.48 Å². The topological polar surface area (TPSA) is 59.8 Å². The van der Waals surface area contributed by atoms with Gasteiger partial charge in [0, 0.05) is 41.2 Å². The standard InChI is InChI=1S/C31H31BrN6OS/c1-5-36(6-2)24-18-16-23(17-19-24)20-33-37-28(26-14-10-11-15-27(26)32)21-40-31(37)34-29-22(3)35(4)38(30(29)39)25-12-8-7-9-13-25/h7-21H,5-6H2,1-4H3. The number of hydrogen-bond donors (Lipinski definition) is 0. The van der Waals surface area contributed by atoms with Crippen molar-refractivity contribution in [2.24, 2.45) is 17.1 Å². The summed E-state index contributed by atoms with van der Waals surface area (Å²) in [6.07, 6.45) is 1.83. The summed E-state index contributed by atoms with van der Waals surface area (Å²) in [5.41, 5.74) is 5.80. The lowest BCUT2D eigenvalue weighted by atomic mass is 10.2. The summed E-state index contributed by atoms with van der Waals surface area (Å²) in [6.45, 7) is 8.14. The van der Waals surface area contributed by atoms with Gasteiger partial charge in [0.05, 0.1) is 23.3 Å². The van der Waals surface area contributed by atoms with E-state index in [1.54, 1.807) is 4.68 Å². The van der Waals surface area contributed by atoms with Gasteiger partial charge in [0.25, 0.3) is 5.56 Å². The van der Waals surface area contributed by atoms with E-state index < -0.39 is 0 Å². The van der Waals surface area contributed by atoms with Gasteiger partial charge in [0.1, 0.15) is 0 Å². The second-order valence-electron chi connectivity index (χ2n) is 9.23. The fourth-order valence-corrected chi connectivity index (χ4v) is 5.93. The van der Waals surface area contributed by atoms with E-state index in [4.69, 9.17) is 10.1 Å². The second-order valence-corrected chi connectivity index (χ2v) is 10.9. The highest BCUT2D eigenvalue weighted by atomic mass is 79.9. The molecule has 0 bridgehead atoms. The highest BCUT2D eigenvalue weighted by Crippen LogP contribution is 2.29. The Balaban J connectivity index is 1.64. The predicted molar refractivity (Wildman–Crippen MR) is 169 cm³/mol. The van der Waals surface area contributed by atoms with E-state index in [9.17, 15) is 4.79 Å². The fourth-order valence-electron chi connectivity index (χ4n) is 4.61. The molecule has 7 nitrogen and oxygen atoms in total. The predicted octanol–water partition coefficient (Wildman–Crippen LogP) is 6.74. The van der Waals surface area contributed by atoms with Crippen molar-refractivity contribution >= 4 is 44.9 Å². The molecule has 0 unspecified atom stereocenters. The van der Waals surface area contributed by atoms with Crippen molar-refractivity contribution in [3.8, 4) is 16.9 Å². The Morgan fingerprint density at radius 3 is 2.30 bits per heavy atom. The zero-order valence-electron chi connectivity index (χ0n) is 23.0. The number of anilines is 1. The molecule has 0 aliphatic heterocycles. The number of benzene rings is 3. The number of nitrogens with zero attached hydrogens (tertiary/aromatic N) is 6. The third-order valence-electron chi connectivity index (χ3n) is 6.91. The molecule has 2 heterocycles. The van der Waals surface area contributed by atoms with Crippen molar-refractivity contribution < 1.29 is 0 Å². The van der Waals surface area contributed by atoms with Gasteiger partial charge in [-0.15, -0.1) is 11.3 Å². The molecule has 0 aliphatic rings. The number of aromatic nitrogens is 3. The van der Waals surface area contributed by atoms with Crippen molar-refractivity contribution in [2.45, 2.75) is 20.8 Å². The zero-order chi connectivity index (χ0) is 28.2. The molecule has 0 spiro atoms. The molecule has 0 saturated heterocycles. The van der Waals surface area contributed by atoms with Crippen LogP contribution in [0, 0.1) is 6.92 Å². The molecule has 0 atom stereocenters. The van der Waals surface area contributed by atoms with Crippen LogP contribution in [0.4, 0.5) is 11.4 Å². The van der Waals surface area contributed by atoms with Gasteiger partial charge in [0.15, 0.2) is 5.69 Å². The van der Waals surface area contributed by atoms with E-state index >= 15 is 0 Å². The van der Waals surface area contributed by atoms with Crippen molar-refractivity contribution in [1.82, 2.24) is 14.0 Å². The first-order valence-electron chi connectivity index (χ1n) is 13.2. The van der Waals surface area contributed by atoms with Gasteiger partial charge in [-0.05, 0) is 56.7 Å². The summed E-state index contributed by atoms with van der Waals surface area (Å²) in [6, 6.07) is 26.0. The average Bonchev–Trinajstić information content (AvgIpc) is 3.47. The molecule has 5 rings (SSSR count). The normalized spacial score (nSPS) is 12.0. The van der Waals surface area contributed by atoms with Crippen LogP contribution < -0.4 is 15.3 Å². The molecule has 0 saturated carbocycles. The van der Waals surface area contributed by atoms with Crippen LogP contribution in [0.15, 0.2) is 104 Å². The number of hydrogen-bond acceptors (Lipinski definition) is 5. The maximum atomic E-state index is 13.6. The Morgan fingerprint density at radius 2 is 1.62 bits per heavy atom. The maximum absolute atomic E-state index is 13.6. The minimum atomic E-state index is -0.176. The van der Waals surface area contributed by atoms with E-state index in [1.165, 1.54) is 17.0 Å². The summed E-state index contributed by atoms with van der Waals surface area (Å²) < 4.78 is 6.24. The van der Waals surface area contributed by atoms with Gasteiger partial charge >= 0.3 is 0 Å². The molecule has 40 heavy (non-hydrogen) atoms. The van der Waals surface area contributed by atoms with Gasteiger partial charge in [-0.2, -0.15) is 5.10 Å². The van der Waals surface area contributed by atoms with Crippen LogP contribution in [-0.2, 0) is 7.05 Å². The average molecular weight is 616 g/mol.